The Hall–Kier alpha value is -1.45. The standard InChI is InChI=1S/C13H20F2N2O4S/c1-3-20-12-8-10(4-5-11(12)21-13(14)15)9-17(2)6-7-22(16,18)19/h4-5,8,13H,3,6-7,9H2,1-2H3,(H2,16,18,19). The minimum atomic E-state index is -3.52. The number of hydrogen-bond acceptors (Lipinski definition) is 5. The molecule has 0 aliphatic heterocycles. The zero-order chi connectivity index (χ0) is 16.8. The van der Waals surface area contributed by atoms with Crippen molar-refractivity contribution in [3.63, 3.8) is 0 Å². The van der Waals surface area contributed by atoms with Crippen LogP contribution in [0.3, 0.4) is 0 Å². The summed E-state index contributed by atoms with van der Waals surface area (Å²) in [5.41, 5.74) is 0.780. The molecule has 0 unspecified atom stereocenters. The third kappa shape index (κ3) is 7.01. The second kappa shape index (κ2) is 8.25. The lowest BCUT2D eigenvalue weighted by Gasteiger charge is -2.18. The zero-order valence-electron chi connectivity index (χ0n) is 12.5. The molecular weight excluding hydrogens is 318 g/mol. The molecule has 0 atom stereocenters. The van der Waals surface area contributed by atoms with Crippen molar-refractivity contribution in [2.45, 2.75) is 20.1 Å². The van der Waals surface area contributed by atoms with Crippen LogP contribution in [0.4, 0.5) is 8.78 Å². The van der Waals surface area contributed by atoms with Crippen LogP contribution in [0.25, 0.3) is 0 Å². The van der Waals surface area contributed by atoms with Gasteiger partial charge >= 0.3 is 6.61 Å². The van der Waals surface area contributed by atoms with E-state index < -0.39 is 16.6 Å². The van der Waals surface area contributed by atoms with Gasteiger partial charge in [-0.1, -0.05) is 6.07 Å². The highest BCUT2D eigenvalue weighted by atomic mass is 32.2. The van der Waals surface area contributed by atoms with Gasteiger partial charge in [-0.15, -0.1) is 0 Å². The van der Waals surface area contributed by atoms with Crippen LogP contribution in [0, 0.1) is 0 Å². The van der Waals surface area contributed by atoms with Gasteiger partial charge in [-0.05, 0) is 31.7 Å². The van der Waals surface area contributed by atoms with Gasteiger partial charge < -0.3 is 14.4 Å². The molecule has 0 aromatic heterocycles. The molecule has 1 aromatic rings. The van der Waals surface area contributed by atoms with Gasteiger partial charge in [-0.25, -0.2) is 13.6 Å². The average Bonchev–Trinajstić information content (AvgIpc) is 2.38. The van der Waals surface area contributed by atoms with Crippen molar-refractivity contribution in [3.8, 4) is 11.5 Å². The van der Waals surface area contributed by atoms with Crippen molar-refractivity contribution in [2.24, 2.45) is 5.14 Å². The van der Waals surface area contributed by atoms with E-state index in [1.54, 1.807) is 31.0 Å². The normalized spacial score (nSPS) is 12.0. The zero-order valence-corrected chi connectivity index (χ0v) is 13.3. The van der Waals surface area contributed by atoms with Crippen molar-refractivity contribution in [3.05, 3.63) is 23.8 Å². The van der Waals surface area contributed by atoms with Crippen molar-refractivity contribution in [1.29, 1.82) is 0 Å². The molecule has 6 nitrogen and oxygen atoms in total. The number of alkyl halides is 2. The molecule has 9 heteroatoms. The molecule has 1 aromatic carbocycles. The summed E-state index contributed by atoms with van der Waals surface area (Å²) in [7, 11) is -1.79. The van der Waals surface area contributed by atoms with Crippen molar-refractivity contribution in [1.82, 2.24) is 4.90 Å². The number of primary sulfonamides is 1. The number of sulfonamides is 1. The molecule has 0 radical (unpaired) electrons. The van der Waals surface area contributed by atoms with Crippen molar-refractivity contribution >= 4 is 10.0 Å². The van der Waals surface area contributed by atoms with Gasteiger partial charge in [0, 0.05) is 13.1 Å². The molecule has 0 amide bonds. The smallest absolute Gasteiger partial charge is 0.387 e. The molecule has 0 fully saturated rings. The van der Waals surface area contributed by atoms with E-state index in [2.05, 4.69) is 4.74 Å². The van der Waals surface area contributed by atoms with E-state index >= 15 is 0 Å². The van der Waals surface area contributed by atoms with E-state index in [0.717, 1.165) is 5.56 Å². The quantitative estimate of drug-likeness (QED) is 0.736. The lowest BCUT2D eigenvalue weighted by atomic mass is 10.2. The molecule has 0 aliphatic carbocycles. The Morgan fingerprint density at radius 1 is 1.32 bits per heavy atom. The molecule has 22 heavy (non-hydrogen) atoms. The molecule has 0 heterocycles. The largest absolute Gasteiger partial charge is 0.490 e. The van der Waals surface area contributed by atoms with Crippen LogP contribution in [0.5, 0.6) is 11.5 Å². The number of hydrogen-bond donors (Lipinski definition) is 1. The fourth-order valence-corrected chi connectivity index (χ4v) is 2.35. The molecular formula is C13H20F2N2O4S. The second-order valence-electron chi connectivity index (χ2n) is 4.70. The van der Waals surface area contributed by atoms with E-state index in [0.29, 0.717) is 13.2 Å². The van der Waals surface area contributed by atoms with Gasteiger partial charge in [0.1, 0.15) is 0 Å². The van der Waals surface area contributed by atoms with E-state index in [4.69, 9.17) is 9.88 Å². The topological polar surface area (TPSA) is 81.9 Å². The number of nitrogens with zero attached hydrogens (tertiary/aromatic N) is 1. The predicted molar refractivity (Wildman–Crippen MR) is 78.6 cm³/mol. The number of rotatable bonds is 9. The van der Waals surface area contributed by atoms with E-state index in [1.807, 2.05) is 0 Å². The number of benzene rings is 1. The maximum atomic E-state index is 12.3. The molecule has 0 saturated heterocycles. The first-order valence-electron chi connectivity index (χ1n) is 6.61. The predicted octanol–water partition coefficient (Wildman–Crippen LogP) is 1.41. The third-order valence-corrected chi connectivity index (χ3v) is 3.49. The van der Waals surface area contributed by atoms with Crippen molar-refractivity contribution in [2.75, 3.05) is 26.0 Å². The molecule has 0 bridgehead atoms. The fourth-order valence-electron chi connectivity index (χ4n) is 1.79. The van der Waals surface area contributed by atoms with E-state index in [-0.39, 0.29) is 23.8 Å². The molecule has 2 N–H and O–H groups in total. The Morgan fingerprint density at radius 2 is 2.00 bits per heavy atom. The van der Waals surface area contributed by atoms with E-state index in [9.17, 15) is 17.2 Å². The van der Waals surface area contributed by atoms with Gasteiger partial charge in [0.25, 0.3) is 0 Å². The monoisotopic (exact) mass is 338 g/mol. The van der Waals surface area contributed by atoms with Crippen molar-refractivity contribution < 1.29 is 26.7 Å². The fraction of sp³-hybridized carbons (Fsp3) is 0.538. The average molecular weight is 338 g/mol. The Kier molecular flexibility index (Phi) is 6.98. The Bertz CT molecular complexity index is 581. The summed E-state index contributed by atoms with van der Waals surface area (Å²) in [5.74, 6) is 0.0296. The summed E-state index contributed by atoms with van der Waals surface area (Å²) in [4.78, 5) is 1.75. The summed E-state index contributed by atoms with van der Waals surface area (Å²) >= 11 is 0. The van der Waals surface area contributed by atoms with Crippen LogP contribution in [0.15, 0.2) is 18.2 Å². The van der Waals surface area contributed by atoms with Crippen LogP contribution in [0.2, 0.25) is 0 Å². The second-order valence-corrected chi connectivity index (χ2v) is 6.43. The first-order chi connectivity index (χ1) is 10.2. The molecule has 126 valence electrons. The van der Waals surface area contributed by atoms with Gasteiger partial charge in [-0.3, -0.25) is 0 Å². The highest BCUT2D eigenvalue weighted by molar-refractivity contribution is 7.89. The number of ether oxygens (including phenoxy) is 2. The van der Waals surface area contributed by atoms with E-state index in [1.165, 1.54) is 6.07 Å². The minimum absolute atomic E-state index is 0.0345. The maximum Gasteiger partial charge on any atom is 0.387 e. The van der Waals surface area contributed by atoms with Gasteiger partial charge in [-0.2, -0.15) is 8.78 Å². The van der Waals surface area contributed by atoms with Crippen LogP contribution in [-0.2, 0) is 16.6 Å². The van der Waals surface area contributed by atoms with Crippen LogP contribution in [-0.4, -0.2) is 45.9 Å². The summed E-state index contributed by atoms with van der Waals surface area (Å²) in [6, 6.07) is 4.61. The van der Waals surface area contributed by atoms with Gasteiger partial charge in [0.15, 0.2) is 11.5 Å². The number of nitrogens with two attached hydrogens (primary N) is 1. The van der Waals surface area contributed by atoms with Crippen LogP contribution >= 0.6 is 0 Å². The van der Waals surface area contributed by atoms with Gasteiger partial charge in [0.05, 0.1) is 12.4 Å². The third-order valence-electron chi connectivity index (χ3n) is 2.73. The highest BCUT2D eigenvalue weighted by Crippen LogP contribution is 2.30. The summed E-state index contributed by atoms with van der Waals surface area (Å²) in [6.45, 7) is -0.202. The van der Waals surface area contributed by atoms with Crippen LogP contribution in [0.1, 0.15) is 12.5 Å². The lowest BCUT2D eigenvalue weighted by Crippen LogP contribution is -2.28. The summed E-state index contributed by atoms with van der Waals surface area (Å²) < 4.78 is 56.1. The first kappa shape index (κ1) is 18.6. The minimum Gasteiger partial charge on any atom is -0.490 e. The maximum absolute atomic E-state index is 12.3. The first-order valence-corrected chi connectivity index (χ1v) is 8.32. The van der Waals surface area contributed by atoms with Gasteiger partial charge in [0.2, 0.25) is 10.0 Å². The lowest BCUT2D eigenvalue weighted by molar-refractivity contribution is -0.0514. The Balaban J connectivity index is 2.76. The summed E-state index contributed by atoms with van der Waals surface area (Å²) in [5, 5.41) is 4.95. The number of halogens is 2. The SMILES string of the molecule is CCOc1cc(CN(C)CCS(N)(=O)=O)ccc1OC(F)F. The van der Waals surface area contributed by atoms with Crippen LogP contribution < -0.4 is 14.6 Å². The molecule has 1 rings (SSSR count). The molecule has 0 saturated carbocycles. The molecule has 0 spiro atoms. The summed E-state index contributed by atoms with van der Waals surface area (Å²) in [6.07, 6.45) is 0. The Morgan fingerprint density at radius 3 is 2.55 bits per heavy atom. The Labute approximate surface area is 128 Å². The molecule has 0 aliphatic rings. The highest BCUT2D eigenvalue weighted by Gasteiger charge is 2.13.